The number of nitrogen functional groups attached to an aromatic ring is 1. The molecule has 0 spiro atoms. The molecule has 1 fully saturated rings. The van der Waals surface area contributed by atoms with Crippen molar-refractivity contribution in [1.29, 1.82) is 0 Å². The highest BCUT2D eigenvalue weighted by molar-refractivity contribution is 7.15. The average Bonchev–Trinajstić information content (AvgIpc) is 3.26. The van der Waals surface area contributed by atoms with Crippen LogP contribution in [0, 0.1) is 0 Å². The summed E-state index contributed by atoms with van der Waals surface area (Å²) in [5, 5.41) is 0.568. The second-order valence-corrected chi connectivity index (χ2v) is 7.04. The SMILES string of the molecule is CCc1nccn1C[C@H]1CCCN1C(=O)CCc1cnc(N)s1. The Labute approximate surface area is 140 Å². The third-order valence-corrected chi connectivity index (χ3v) is 5.27. The number of nitrogens with two attached hydrogens (primary N) is 1. The van der Waals surface area contributed by atoms with Crippen molar-refractivity contribution >= 4 is 22.4 Å². The maximum absolute atomic E-state index is 12.6. The van der Waals surface area contributed by atoms with E-state index in [-0.39, 0.29) is 11.9 Å². The Morgan fingerprint density at radius 2 is 2.35 bits per heavy atom. The monoisotopic (exact) mass is 333 g/mol. The first kappa shape index (κ1) is 16.0. The van der Waals surface area contributed by atoms with Crippen LogP contribution < -0.4 is 5.73 Å². The van der Waals surface area contributed by atoms with Gasteiger partial charge in [0.05, 0.1) is 0 Å². The quantitative estimate of drug-likeness (QED) is 0.878. The van der Waals surface area contributed by atoms with E-state index in [1.165, 1.54) is 11.3 Å². The van der Waals surface area contributed by atoms with E-state index >= 15 is 0 Å². The molecule has 2 aromatic heterocycles. The van der Waals surface area contributed by atoms with Gasteiger partial charge in [-0.2, -0.15) is 0 Å². The fourth-order valence-corrected chi connectivity index (χ4v) is 3.90. The highest BCUT2D eigenvalue weighted by atomic mass is 32.1. The zero-order valence-electron chi connectivity index (χ0n) is 13.4. The predicted octanol–water partition coefficient (Wildman–Crippen LogP) is 2.11. The van der Waals surface area contributed by atoms with E-state index in [4.69, 9.17) is 5.73 Å². The van der Waals surface area contributed by atoms with Crippen LogP contribution in [0.15, 0.2) is 18.6 Å². The molecule has 7 heteroatoms. The Kier molecular flexibility index (Phi) is 4.95. The Hall–Kier alpha value is -1.89. The van der Waals surface area contributed by atoms with E-state index < -0.39 is 0 Å². The van der Waals surface area contributed by atoms with E-state index in [1.54, 1.807) is 6.20 Å². The molecule has 124 valence electrons. The number of hydrogen-bond donors (Lipinski definition) is 1. The summed E-state index contributed by atoms with van der Waals surface area (Å²) in [4.78, 5) is 24.1. The van der Waals surface area contributed by atoms with Crippen molar-refractivity contribution in [3.63, 3.8) is 0 Å². The number of amides is 1. The summed E-state index contributed by atoms with van der Waals surface area (Å²) in [5.41, 5.74) is 5.64. The molecule has 0 aliphatic carbocycles. The minimum atomic E-state index is 0.234. The minimum absolute atomic E-state index is 0.234. The van der Waals surface area contributed by atoms with Crippen molar-refractivity contribution in [3.05, 3.63) is 29.3 Å². The Morgan fingerprint density at radius 1 is 1.48 bits per heavy atom. The number of nitrogens with zero attached hydrogens (tertiary/aromatic N) is 4. The van der Waals surface area contributed by atoms with Crippen LogP contribution in [-0.4, -0.2) is 37.9 Å². The smallest absolute Gasteiger partial charge is 0.223 e. The van der Waals surface area contributed by atoms with Crippen molar-refractivity contribution in [2.45, 2.75) is 51.6 Å². The fraction of sp³-hybridized carbons (Fsp3) is 0.562. The molecule has 1 saturated heterocycles. The van der Waals surface area contributed by atoms with Gasteiger partial charge in [-0.25, -0.2) is 9.97 Å². The maximum Gasteiger partial charge on any atom is 0.223 e. The van der Waals surface area contributed by atoms with Gasteiger partial charge in [-0.05, 0) is 19.3 Å². The molecule has 1 amide bonds. The van der Waals surface area contributed by atoms with Crippen LogP contribution in [0.4, 0.5) is 5.13 Å². The molecule has 1 atom stereocenters. The lowest BCUT2D eigenvalue weighted by Crippen LogP contribution is -2.38. The molecule has 0 radical (unpaired) electrons. The fourth-order valence-electron chi connectivity index (χ4n) is 3.21. The standard InChI is InChI=1S/C16H23N5OS/c1-2-14-18-7-9-20(14)11-12-4-3-8-21(12)15(22)6-5-13-10-19-16(17)23-13/h7,9-10,12H,2-6,8,11H2,1H3,(H2,17,19)/t12-/m1/s1. The van der Waals surface area contributed by atoms with Crippen LogP contribution in [0.25, 0.3) is 0 Å². The first-order valence-corrected chi connectivity index (χ1v) is 8.98. The Bertz CT molecular complexity index is 665. The first-order valence-electron chi connectivity index (χ1n) is 8.17. The Morgan fingerprint density at radius 3 is 3.09 bits per heavy atom. The number of carbonyl (C=O) groups is 1. The number of likely N-dealkylation sites (tertiary alicyclic amines) is 1. The summed E-state index contributed by atoms with van der Waals surface area (Å²) in [6.45, 7) is 3.82. The number of thiazole rings is 1. The van der Waals surface area contributed by atoms with Crippen molar-refractivity contribution < 1.29 is 4.79 Å². The molecular weight excluding hydrogens is 310 g/mol. The van der Waals surface area contributed by atoms with Gasteiger partial charge < -0.3 is 15.2 Å². The molecular formula is C16H23N5OS. The van der Waals surface area contributed by atoms with Gasteiger partial charge in [0.25, 0.3) is 0 Å². The van der Waals surface area contributed by atoms with Crippen LogP contribution in [0.1, 0.15) is 36.9 Å². The number of imidazole rings is 1. The van der Waals surface area contributed by atoms with Gasteiger partial charge in [-0.15, -0.1) is 11.3 Å². The van der Waals surface area contributed by atoms with E-state index in [0.717, 1.165) is 49.5 Å². The third kappa shape index (κ3) is 3.72. The molecule has 23 heavy (non-hydrogen) atoms. The molecule has 1 aliphatic rings. The highest BCUT2D eigenvalue weighted by Crippen LogP contribution is 2.22. The topological polar surface area (TPSA) is 77.0 Å². The molecule has 3 heterocycles. The van der Waals surface area contributed by atoms with E-state index in [2.05, 4.69) is 21.5 Å². The van der Waals surface area contributed by atoms with E-state index in [1.807, 2.05) is 17.3 Å². The first-order chi connectivity index (χ1) is 11.2. The van der Waals surface area contributed by atoms with Gasteiger partial charge in [0, 0.05) is 55.4 Å². The van der Waals surface area contributed by atoms with Crippen molar-refractivity contribution in [1.82, 2.24) is 19.4 Å². The molecule has 3 rings (SSSR count). The number of anilines is 1. The number of rotatable bonds is 6. The van der Waals surface area contributed by atoms with Crippen molar-refractivity contribution in [2.24, 2.45) is 0 Å². The number of carbonyl (C=O) groups excluding carboxylic acids is 1. The number of hydrogen-bond acceptors (Lipinski definition) is 5. The van der Waals surface area contributed by atoms with Gasteiger partial charge in [0.1, 0.15) is 5.82 Å². The van der Waals surface area contributed by atoms with Crippen molar-refractivity contribution in [2.75, 3.05) is 12.3 Å². The summed E-state index contributed by atoms with van der Waals surface area (Å²) >= 11 is 1.47. The molecule has 6 nitrogen and oxygen atoms in total. The molecule has 0 aromatic carbocycles. The van der Waals surface area contributed by atoms with Crippen LogP contribution in [0.5, 0.6) is 0 Å². The van der Waals surface area contributed by atoms with E-state index in [9.17, 15) is 4.79 Å². The van der Waals surface area contributed by atoms with Gasteiger partial charge in [0.15, 0.2) is 5.13 Å². The highest BCUT2D eigenvalue weighted by Gasteiger charge is 2.29. The molecule has 1 aliphatic heterocycles. The second kappa shape index (κ2) is 7.12. The van der Waals surface area contributed by atoms with Crippen LogP contribution in [0.2, 0.25) is 0 Å². The molecule has 0 unspecified atom stereocenters. The van der Waals surface area contributed by atoms with Gasteiger partial charge in [0.2, 0.25) is 5.91 Å². The summed E-state index contributed by atoms with van der Waals surface area (Å²) < 4.78 is 2.18. The molecule has 0 saturated carbocycles. The Balaban J connectivity index is 1.58. The lowest BCUT2D eigenvalue weighted by atomic mass is 10.2. The van der Waals surface area contributed by atoms with Gasteiger partial charge >= 0.3 is 0 Å². The van der Waals surface area contributed by atoms with Crippen LogP contribution in [0.3, 0.4) is 0 Å². The zero-order valence-corrected chi connectivity index (χ0v) is 14.3. The molecule has 0 bridgehead atoms. The van der Waals surface area contributed by atoms with Crippen LogP contribution >= 0.6 is 11.3 Å². The number of aromatic nitrogens is 3. The number of aryl methyl sites for hydroxylation is 2. The lowest BCUT2D eigenvalue weighted by molar-refractivity contribution is -0.132. The lowest BCUT2D eigenvalue weighted by Gasteiger charge is -2.25. The van der Waals surface area contributed by atoms with Gasteiger partial charge in [-0.1, -0.05) is 6.92 Å². The molecule has 2 aromatic rings. The summed E-state index contributed by atoms with van der Waals surface area (Å²) in [5.74, 6) is 1.32. The predicted molar refractivity (Wildman–Crippen MR) is 91.2 cm³/mol. The minimum Gasteiger partial charge on any atom is -0.375 e. The third-order valence-electron chi connectivity index (χ3n) is 4.38. The second-order valence-electron chi connectivity index (χ2n) is 5.90. The maximum atomic E-state index is 12.6. The normalized spacial score (nSPS) is 17.8. The van der Waals surface area contributed by atoms with Crippen LogP contribution in [-0.2, 0) is 24.2 Å². The van der Waals surface area contributed by atoms with Crippen molar-refractivity contribution in [3.8, 4) is 0 Å². The van der Waals surface area contributed by atoms with E-state index in [0.29, 0.717) is 11.6 Å². The van der Waals surface area contributed by atoms with Gasteiger partial charge in [-0.3, -0.25) is 4.79 Å². The summed E-state index contributed by atoms with van der Waals surface area (Å²) in [7, 11) is 0. The average molecular weight is 333 g/mol. The largest absolute Gasteiger partial charge is 0.375 e. The molecule has 2 N–H and O–H groups in total. The summed E-state index contributed by atoms with van der Waals surface area (Å²) in [6, 6.07) is 0.286. The zero-order chi connectivity index (χ0) is 16.2. The summed E-state index contributed by atoms with van der Waals surface area (Å²) in [6.07, 6.45) is 9.95.